The molecular weight excluding hydrogens is 340 g/mol. The fraction of sp³-hybridized carbons (Fsp3) is 0.250. The van der Waals surface area contributed by atoms with Gasteiger partial charge in [0, 0.05) is 41.8 Å². The van der Waals surface area contributed by atoms with Crippen LogP contribution in [0, 0.1) is 6.92 Å². The zero-order valence-corrected chi connectivity index (χ0v) is 15.8. The molecule has 4 N–H and O–H groups in total. The number of carbonyl (C=O) groups is 1. The number of nitrogens with zero attached hydrogens (tertiary/aromatic N) is 3. The number of anilines is 1. The number of H-pyrrole nitrogens is 1. The molecule has 3 aromatic heterocycles. The van der Waals surface area contributed by atoms with Crippen LogP contribution in [0.4, 0.5) is 5.82 Å². The Labute approximate surface area is 156 Å². The molecule has 4 aromatic rings. The first kappa shape index (κ1) is 17.1. The van der Waals surface area contributed by atoms with Gasteiger partial charge in [-0.05, 0) is 24.6 Å². The fourth-order valence-electron chi connectivity index (χ4n) is 3.53. The van der Waals surface area contributed by atoms with Gasteiger partial charge in [-0.2, -0.15) is 0 Å². The van der Waals surface area contributed by atoms with E-state index in [1.807, 2.05) is 35.7 Å². The maximum Gasteiger partial charge on any atom is 0.251 e. The van der Waals surface area contributed by atoms with Crippen LogP contribution in [-0.4, -0.2) is 32.3 Å². The highest BCUT2D eigenvalue weighted by atomic mass is 16.1. The second-order valence-electron chi connectivity index (χ2n) is 6.97. The lowest BCUT2D eigenvalue weighted by Gasteiger charge is -2.04. The van der Waals surface area contributed by atoms with Gasteiger partial charge in [-0.3, -0.25) is 9.20 Å². The highest BCUT2D eigenvalue weighted by Gasteiger charge is 2.21. The van der Waals surface area contributed by atoms with Gasteiger partial charge in [-0.15, -0.1) is 0 Å². The Balaban J connectivity index is 2.00. The van der Waals surface area contributed by atoms with Crippen molar-refractivity contribution in [3.05, 3.63) is 47.5 Å². The predicted octanol–water partition coefficient (Wildman–Crippen LogP) is 3.25. The van der Waals surface area contributed by atoms with Crippen molar-refractivity contribution in [1.82, 2.24) is 24.7 Å². The summed E-state index contributed by atoms with van der Waals surface area (Å²) in [7, 11) is 1.62. The molecule has 1 amide bonds. The van der Waals surface area contributed by atoms with E-state index in [1.165, 1.54) is 0 Å². The van der Waals surface area contributed by atoms with E-state index < -0.39 is 0 Å². The summed E-state index contributed by atoms with van der Waals surface area (Å²) < 4.78 is 2.00. The highest BCUT2D eigenvalue weighted by Crippen LogP contribution is 2.35. The molecule has 0 aliphatic rings. The summed E-state index contributed by atoms with van der Waals surface area (Å²) in [5.41, 5.74) is 11.2. The lowest BCUT2D eigenvalue weighted by molar-refractivity contribution is 0.0963. The smallest absolute Gasteiger partial charge is 0.251 e. The molecule has 0 aliphatic carbocycles. The van der Waals surface area contributed by atoms with Crippen LogP contribution in [0.2, 0.25) is 0 Å². The minimum Gasteiger partial charge on any atom is -0.382 e. The number of aromatic amines is 1. The summed E-state index contributed by atoms with van der Waals surface area (Å²) in [4.78, 5) is 24.5. The zero-order valence-electron chi connectivity index (χ0n) is 15.8. The van der Waals surface area contributed by atoms with Gasteiger partial charge in [-0.1, -0.05) is 19.9 Å². The largest absolute Gasteiger partial charge is 0.382 e. The minimum absolute atomic E-state index is 0.117. The SMILES string of the molecule is CNC(=O)c1ccc2c(C)c(-c3nc(C(C)C)n4ccnc(N)c34)[nH]c2c1. The van der Waals surface area contributed by atoms with Crippen molar-refractivity contribution in [2.24, 2.45) is 0 Å². The quantitative estimate of drug-likeness (QED) is 0.521. The number of hydrogen-bond acceptors (Lipinski definition) is 4. The van der Waals surface area contributed by atoms with Crippen molar-refractivity contribution in [2.75, 3.05) is 12.8 Å². The van der Waals surface area contributed by atoms with Crippen LogP contribution in [0.3, 0.4) is 0 Å². The van der Waals surface area contributed by atoms with Crippen molar-refractivity contribution in [3.8, 4) is 11.4 Å². The maximum absolute atomic E-state index is 12.0. The number of rotatable bonds is 3. The van der Waals surface area contributed by atoms with Crippen LogP contribution >= 0.6 is 0 Å². The van der Waals surface area contributed by atoms with E-state index in [2.05, 4.69) is 29.1 Å². The first-order valence-electron chi connectivity index (χ1n) is 8.89. The molecule has 0 saturated carbocycles. The Kier molecular flexibility index (Phi) is 3.87. The van der Waals surface area contributed by atoms with Gasteiger partial charge in [0.1, 0.15) is 22.9 Å². The third kappa shape index (κ3) is 2.54. The fourth-order valence-corrected chi connectivity index (χ4v) is 3.53. The number of fused-ring (bicyclic) bond motifs is 2. The summed E-state index contributed by atoms with van der Waals surface area (Å²) in [5, 5.41) is 3.70. The highest BCUT2D eigenvalue weighted by molar-refractivity contribution is 6.00. The number of aromatic nitrogens is 4. The van der Waals surface area contributed by atoms with Crippen molar-refractivity contribution in [2.45, 2.75) is 26.7 Å². The molecule has 27 heavy (non-hydrogen) atoms. The van der Waals surface area contributed by atoms with Gasteiger partial charge in [0.05, 0.1) is 5.69 Å². The lowest BCUT2D eigenvalue weighted by atomic mass is 10.1. The summed E-state index contributed by atoms with van der Waals surface area (Å²) in [6.07, 6.45) is 3.58. The third-order valence-electron chi connectivity index (χ3n) is 4.91. The van der Waals surface area contributed by atoms with Gasteiger partial charge in [0.15, 0.2) is 0 Å². The normalized spacial score (nSPS) is 11.6. The lowest BCUT2D eigenvalue weighted by Crippen LogP contribution is -2.17. The molecule has 1 aromatic carbocycles. The van der Waals surface area contributed by atoms with E-state index in [9.17, 15) is 4.79 Å². The molecule has 7 heteroatoms. The van der Waals surface area contributed by atoms with Crippen molar-refractivity contribution in [1.29, 1.82) is 0 Å². The Hall–Kier alpha value is -3.35. The van der Waals surface area contributed by atoms with Gasteiger partial charge in [0.2, 0.25) is 0 Å². The standard InChI is InChI=1S/C20H22N6O/c1-10(2)19-25-16(17-18(21)23-7-8-26(17)19)15-11(3)13-6-5-12(20(27)22-4)9-14(13)24-15/h5-10,24H,1-4H3,(H2,21,23)(H,22,27). The number of hydrogen-bond donors (Lipinski definition) is 3. The van der Waals surface area contributed by atoms with Crippen molar-refractivity contribution >= 4 is 28.1 Å². The molecule has 0 unspecified atom stereocenters. The Bertz CT molecular complexity index is 1180. The second kappa shape index (κ2) is 6.12. The number of aryl methyl sites for hydroxylation is 1. The van der Waals surface area contributed by atoms with E-state index in [1.54, 1.807) is 13.2 Å². The van der Waals surface area contributed by atoms with Gasteiger partial charge >= 0.3 is 0 Å². The van der Waals surface area contributed by atoms with E-state index in [4.69, 9.17) is 10.7 Å². The molecule has 3 heterocycles. The molecule has 0 radical (unpaired) electrons. The van der Waals surface area contributed by atoms with Crippen LogP contribution in [-0.2, 0) is 0 Å². The van der Waals surface area contributed by atoms with Crippen LogP contribution in [0.15, 0.2) is 30.6 Å². The average Bonchev–Trinajstić information content (AvgIpc) is 3.20. The van der Waals surface area contributed by atoms with Crippen LogP contribution in [0.5, 0.6) is 0 Å². The Morgan fingerprint density at radius 1 is 1.33 bits per heavy atom. The van der Waals surface area contributed by atoms with Gasteiger partial charge in [0.25, 0.3) is 5.91 Å². The molecule has 0 atom stereocenters. The molecule has 4 rings (SSSR count). The Morgan fingerprint density at radius 3 is 2.81 bits per heavy atom. The minimum atomic E-state index is -0.117. The zero-order chi connectivity index (χ0) is 19.3. The monoisotopic (exact) mass is 362 g/mol. The van der Waals surface area contributed by atoms with Crippen molar-refractivity contribution < 1.29 is 4.79 Å². The van der Waals surface area contributed by atoms with E-state index in [0.717, 1.165) is 39.2 Å². The van der Waals surface area contributed by atoms with E-state index in [0.29, 0.717) is 11.4 Å². The number of nitrogens with one attached hydrogen (secondary N) is 2. The molecule has 138 valence electrons. The predicted molar refractivity (Wildman–Crippen MR) is 107 cm³/mol. The molecule has 0 fully saturated rings. The van der Waals surface area contributed by atoms with Crippen LogP contribution in [0.1, 0.15) is 41.5 Å². The number of nitrogens with two attached hydrogens (primary N) is 1. The number of nitrogen functional groups attached to an aromatic ring is 1. The van der Waals surface area contributed by atoms with E-state index in [-0.39, 0.29) is 11.8 Å². The second-order valence-corrected chi connectivity index (χ2v) is 6.97. The van der Waals surface area contributed by atoms with Gasteiger partial charge < -0.3 is 16.0 Å². The number of imidazole rings is 1. The van der Waals surface area contributed by atoms with Gasteiger partial charge in [-0.25, -0.2) is 9.97 Å². The molecule has 0 aliphatic heterocycles. The van der Waals surface area contributed by atoms with Crippen LogP contribution in [0.25, 0.3) is 27.8 Å². The first-order valence-corrected chi connectivity index (χ1v) is 8.89. The summed E-state index contributed by atoms with van der Waals surface area (Å²) in [6.45, 7) is 6.24. The molecule has 0 bridgehead atoms. The topological polar surface area (TPSA) is 101 Å². The number of amides is 1. The Morgan fingerprint density at radius 2 is 2.11 bits per heavy atom. The third-order valence-corrected chi connectivity index (χ3v) is 4.91. The maximum atomic E-state index is 12.0. The summed E-state index contributed by atoms with van der Waals surface area (Å²) in [5.74, 6) is 1.49. The number of benzene rings is 1. The molecule has 7 nitrogen and oxygen atoms in total. The molecule has 0 spiro atoms. The number of carbonyl (C=O) groups excluding carboxylic acids is 1. The van der Waals surface area contributed by atoms with Crippen LogP contribution < -0.4 is 11.1 Å². The van der Waals surface area contributed by atoms with Crippen molar-refractivity contribution in [3.63, 3.8) is 0 Å². The molecular formula is C20H22N6O. The van der Waals surface area contributed by atoms with E-state index >= 15 is 0 Å². The summed E-state index contributed by atoms with van der Waals surface area (Å²) >= 11 is 0. The summed E-state index contributed by atoms with van der Waals surface area (Å²) in [6, 6.07) is 5.64. The molecule has 0 saturated heterocycles. The first-order chi connectivity index (χ1) is 12.9. The average molecular weight is 362 g/mol.